The van der Waals surface area contributed by atoms with Crippen LogP contribution in [0.15, 0.2) is 67.1 Å². The molecule has 2 N–H and O–H groups in total. The second-order valence-corrected chi connectivity index (χ2v) is 5.55. The third-order valence-corrected chi connectivity index (χ3v) is 3.61. The summed E-state index contributed by atoms with van der Waals surface area (Å²) in [6.45, 7) is 2.95. The third kappa shape index (κ3) is 4.80. The van der Waals surface area contributed by atoms with Crippen molar-refractivity contribution in [2.45, 2.75) is 13.5 Å². The van der Waals surface area contributed by atoms with Crippen molar-refractivity contribution in [3.8, 4) is 5.75 Å². The number of rotatable bonds is 7. The Balaban J connectivity index is 1.62. The molecule has 26 heavy (non-hydrogen) atoms. The normalized spacial score (nSPS) is 10.2. The SMILES string of the molecule is CCOc1ccc(Nc2cncc(C(=O)NCc3ccccn3)c2)cc1. The van der Waals surface area contributed by atoms with Crippen molar-refractivity contribution < 1.29 is 9.53 Å². The lowest BCUT2D eigenvalue weighted by Crippen LogP contribution is -2.23. The maximum Gasteiger partial charge on any atom is 0.253 e. The standard InChI is InChI=1S/C20H20N4O2/c1-2-26-19-8-6-16(7-9-19)24-18-11-15(12-21-13-18)20(25)23-14-17-5-3-4-10-22-17/h3-13,24H,2,14H2,1H3,(H,23,25). The Hall–Kier alpha value is -3.41. The lowest BCUT2D eigenvalue weighted by Gasteiger charge is -2.09. The van der Waals surface area contributed by atoms with Crippen molar-refractivity contribution in [1.82, 2.24) is 15.3 Å². The smallest absolute Gasteiger partial charge is 0.253 e. The van der Waals surface area contributed by atoms with Crippen molar-refractivity contribution in [1.29, 1.82) is 0 Å². The van der Waals surface area contributed by atoms with E-state index in [1.807, 2.05) is 49.4 Å². The van der Waals surface area contributed by atoms with E-state index in [-0.39, 0.29) is 5.91 Å². The molecule has 2 heterocycles. The Kier molecular flexibility index (Phi) is 5.77. The van der Waals surface area contributed by atoms with E-state index in [1.54, 1.807) is 18.5 Å². The summed E-state index contributed by atoms with van der Waals surface area (Å²) < 4.78 is 5.43. The molecule has 3 aromatic rings. The number of aromatic nitrogens is 2. The largest absolute Gasteiger partial charge is 0.494 e. The van der Waals surface area contributed by atoms with Crippen molar-refractivity contribution in [2.24, 2.45) is 0 Å². The van der Waals surface area contributed by atoms with Crippen LogP contribution >= 0.6 is 0 Å². The molecule has 0 aliphatic heterocycles. The summed E-state index contributed by atoms with van der Waals surface area (Å²) in [5.74, 6) is 0.623. The van der Waals surface area contributed by atoms with Gasteiger partial charge in [-0.05, 0) is 49.4 Å². The molecule has 0 saturated heterocycles. The minimum atomic E-state index is -0.196. The monoisotopic (exact) mass is 348 g/mol. The quantitative estimate of drug-likeness (QED) is 0.683. The number of ether oxygens (including phenoxy) is 1. The molecule has 0 radical (unpaired) electrons. The van der Waals surface area contributed by atoms with Crippen LogP contribution in [0.25, 0.3) is 0 Å². The van der Waals surface area contributed by atoms with Crippen molar-refractivity contribution in [3.05, 3.63) is 78.4 Å². The van der Waals surface area contributed by atoms with Gasteiger partial charge in [0.1, 0.15) is 5.75 Å². The van der Waals surface area contributed by atoms with Gasteiger partial charge in [-0.25, -0.2) is 0 Å². The fraction of sp³-hybridized carbons (Fsp3) is 0.150. The van der Waals surface area contributed by atoms with Crippen molar-refractivity contribution in [2.75, 3.05) is 11.9 Å². The van der Waals surface area contributed by atoms with E-state index in [0.29, 0.717) is 18.7 Å². The number of hydrogen-bond acceptors (Lipinski definition) is 5. The highest BCUT2D eigenvalue weighted by molar-refractivity contribution is 5.94. The van der Waals surface area contributed by atoms with Gasteiger partial charge in [0.25, 0.3) is 5.91 Å². The summed E-state index contributed by atoms with van der Waals surface area (Å²) in [7, 11) is 0. The number of amides is 1. The van der Waals surface area contributed by atoms with Crippen molar-refractivity contribution >= 4 is 17.3 Å². The van der Waals surface area contributed by atoms with Crippen LogP contribution in [0.3, 0.4) is 0 Å². The molecule has 6 nitrogen and oxygen atoms in total. The van der Waals surface area contributed by atoms with Gasteiger partial charge in [-0.1, -0.05) is 6.07 Å². The minimum absolute atomic E-state index is 0.196. The summed E-state index contributed by atoms with van der Waals surface area (Å²) in [6.07, 6.45) is 4.91. The number of anilines is 2. The first-order chi connectivity index (χ1) is 12.7. The summed E-state index contributed by atoms with van der Waals surface area (Å²) in [5.41, 5.74) is 2.91. The Labute approximate surface area is 152 Å². The fourth-order valence-corrected chi connectivity index (χ4v) is 2.38. The second kappa shape index (κ2) is 8.62. The maximum absolute atomic E-state index is 12.3. The highest BCUT2D eigenvalue weighted by Gasteiger charge is 2.07. The highest BCUT2D eigenvalue weighted by Crippen LogP contribution is 2.20. The van der Waals surface area contributed by atoms with E-state index in [1.165, 1.54) is 6.20 Å². The predicted molar refractivity (Wildman–Crippen MR) is 101 cm³/mol. The molecule has 0 spiro atoms. The molecule has 0 aliphatic rings. The molecular weight excluding hydrogens is 328 g/mol. The van der Waals surface area contributed by atoms with Crippen LogP contribution in [-0.2, 0) is 6.54 Å². The number of pyridine rings is 2. The number of nitrogens with one attached hydrogen (secondary N) is 2. The maximum atomic E-state index is 12.3. The predicted octanol–water partition coefficient (Wildman–Crippen LogP) is 3.55. The molecule has 0 fully saturated rings. The number of hydrogen-bond donors (Lipinski definition) is 2. The summed E-state index contributed by atoms with van der Waals surface area (Å²) >= 11 is 0. The van der Waals surface area contributed by atoms with Gasteiger partial charge in [0.05, 0.1) is 36.3 Å². The lowest BCUT2D eigenvalue weighted by molar-refractivity contribution is 0.0950. The highest BCUT2D eigenvalue weighted by atomic mass is 16.5. The van der Waals surface area contributed by atoms with Gasteiger partial charge >= 0.3 is 0 Å². The second-order valence-electron chi connectivity index (χ2n) is 5.55. The summed E-state index contributed by atoms with van der Waals surface area (Å²) in [4.78, 5) is 20.6. The van der Waals surface area contributed by atoms with Crippen LogP contribution in [0.1, 0.15) is 23.0 Å². The van der Waals surface area contributed by atoms with Gasteiger partial charge in [0.15, 0.2) is 0 Å². The van der Waals surface area contributed by atoms with Crippen molar-refractivity contribution in [3.63, 3.8) is 0 Å². The first-order valence-corrected chi connectivity index (χ1v) is 8.37. The van der Waals surface area contributed by atoms with Crippen LogP contribution in [0.2, 0.25) is 0 Å². The third-order valence-electron chi connectivity index (χ3n) is 3.61. The van der Waals surface area contributed by atoms with Crippen LogP contribution < -0.4 is 15.4 Å². The first-order valence-electron chi connectivity index (χ1n) is 8.37. The fourth-order valence-electron chi connectivity index (χ4n) is 2.38. The van der Waals surface area contributed by atoms with E-state index >= 15 is 0 Å². The summed E-state index contributed by atoms with van der Waals surface area (Å²) in [5, 5.41) is 6.07. The zero-order chi connectivity index (χ0) is 18.2. The molecule has 0 atom stereocenters. The van der Waals surface area contributed by atoms with Gasteiger partial charge in [-0.15, -0.1) is 0 Å². The molecule has 0 saturated carbocycles. The van der Waals surface area contributed by atoms with Gasteiger partial charge in [-0.2, -0.15) is 0 Å². The minimum Gasteiger partial charge on any atom is -0.494 e. The Morgan fingerprint density at radius 1 is 1.08 bits per heavy atom. The molecule has 132 valence electrons. The van der Waals surface area contributed by atoms with E-state index in [0.717, 1.165) is 22.8 Å². The van der Waals surface area contributed by atoms with Gasteiger partial charge in [0, 0.05) is 18.1 Å². The van der Waals surface area contributed by atoms with E-state index < -0.39 is 0 Å². The molecule has 1 amide bonds. The molecule has 1 aromatic carbocycles. The molecule has 0 aliphatic carbocycles. The molecule has 0 unspecified atom stereocenters. The van der Waals surface area contributed by atoms with Crippen LogP contribution in [0, 0.1) is 0 Å². The van der Waals surface area contributed by atoms with Gasteiger partial charge < -0.3 is 15.4 Å². The van der Waals surface area contributed by atoms with Crippen LogP contribution in [-0.4, -0.2) is 22.5 Å². The molecule has 0 bridgehead atoms. The molecule has 6 heteroatoms. The zero-order valence-electron chi connectivity index (χ0n) is 14.5. The average molecular weight is 348 g/mol. The lowest BCUT2D eigenvalue weighted by atomic mass is 10.2. The number of carbonyl (C=O) groups is 1. The number of carbonyl (C=O) groups excluding carboxylic acids is 1. The number of benzene rings is 1. The number of nitrogens with zero attached hydrogens (tertiary/aromatic N) is 2. The molecule has 3 rings (SSSR count). The molecule has 2 aromatic heterocycles. The van der Waals surface area contributed by atoms with Crippen LogP contribution in [0.5, 0.6) is 5.75 Å². The average Bonchev–Trinajstić information content (AvgIpc) is 2.69. The van der Waals surface area contributed by atoms with E-state index in [4.69, 9.17) is 4.74 Å². The van der Waals surface area contributed by atoms with Crippen LogP contribution in [0.4, 0.5) is 11.4 Å². The van der Waals surface area contributed by atoms with Gasteiger partial charge in [0.2, 0.25) is 0 Å². The van der Waals surface area contributed by atoms with E-state index in [2.05, 4.69) is 20.6 Å². The zero-order valence-corrected chi connectivity index (χ0v) is 14.5. The first kappa shape index (κ1) is 17.4. The summed E-state index contributed by atoms with van der Waals surface area (Å²) in [6, 6.07) is 15.0. The topological polar surface area (TPSA) is 76.1 Å². The van der Waals surface area contributed by atoms with Gasteiger partial charge in [-0.3, -0.25) is 14.8 Å². The molecular formula is C20H20N4O2. The van der Waals surface area contributed by atoms with E-state index in [9.17, 15) is 4.79 Å². The Morgan fingerprint density at radius 3 is 2.65 bits per heavy atom. The Morgan fingerprint density at radius 2 is 1.92 bits per heavy atom. The Bertz CT molecular complexity index is 851.